The van der Waals surface area contributed by atoms with Gasteiger partial charge in [0.15, 0.2) is 0 Å². The van der Waals surface area contributed by atoms with Crippen molar-refractivity contribution >= 4 is 19.2 Å². The van der Waals surface area contributed by atoms with Crippen molar-refractivity contribution in [2.24, 2.45) is 0 Å². The largest absolute Gasteiger partial charge is 0.373 e. The smallest absolute Gasteiger partial charge is 0.293 e. The molecule has 0 spiro atoms. The van der Waals surface area contributed by atoms with E-state index in [4.69, 9.17) is 9.78 Å². The molecule has 1 aromatic carbocycles. The highest BCUT2D eigenvalue weighted by molar-refractivity contribution is 6.98. The Morgan fingerprint density at radius 1 is 1.21 bits per heavy atom. The van der Waals surface area contributed by atoms with E-state index in [1.807, 2.05) is 23.5 Å². The minimum Gasteiger partial charge on any atom is -0.293 e. The second kappa shape index (κ2) is 6.50. The fourth-order valence-corrected chi connectivity index (χ4v) is 3.00. The van der Waals surface area contributed by atoms with Crippen molar-refractivity contribution in [3.8, 4) is 0 Å². The molecule has 0 aliphatic carbocycles. The van der Waals surface area contributed by atoms with Gasteiger partial charge in [-0.2, -0.15) is 4.89 Å². The fourth-order valence-electron chi connectivity index (χ4n) is 1.47. The van der Waals surface area contributed by atoms with Crippen LogP contribution in [0.4, 0.5) is 0 Å². The number of carbonyl (C=O) groups is 1. The van der Waals surface area contributed by atoms with Gasteiger partial charge < -0.3 is 0 Å². The lowest BCUT2D eigenvalue weighted by Crippen LogP contribution is -2.40. The van der Waals surface area contributed by atoms with E-state index in [0.29, 0.717) is 5.56 Å². The van der Waals surface area contributed by atoms with E-state index in [0.717, 1.165) is 5.19 Å². The molecule has 3 nitrogen and oxygen atoms in total. The summed E-state index contributed by atoms with van der Waals surface area (Å²) in [5, 5.41) is 1.15. The summed E-state index contributed by atoms with van der Waals surface area (Å²) in [6.45, 7) is 13.5. The molecule has 0 N–H and O–H groups in total. The van der Waals surface area contributed by atoms with Gasteiger partial charge in [-0.15, -0.1) is 13.2 Å². The summed E-state index contributed by atoms with van der Waals surface area (Å²) >= 11 is 0. The van der Waals surface area contributed by atoms with Crippen molar-refractivity contribution in [1.82, 2.24) is 0 Å². The predicted octanol–water partition coefficient (Wildman–Crippen LogP) is 2.92. The molecule has 1 rings (SSSR count). The Balaban J connectivity index is 2.84. The lowest BCUT2D eigenvalue weighted by atomic mass is 10.2. The van der Waals surface area contributed by atoms with Crippen LogP contribution in [0.3, 0.4) is 0 Å². The second-order valence-corrected chi connectivity index (χ2v) is 8.74. The first-order chi connectivity index (χ1) is 8.92. The third-order valence-corrected chi connectivity index (χ3v) is 6.18. The SMILES string of the molecule is C=C[Si](C)(C=C)c1ccc(C(=O)OOC(C)C)cc1. The van der Waals surface area contributed by atoms with Gasteiger partial charge in [0, 0.05) is 0 Å². The molecule has 19 heavy (non-hydrogen) atoms. The summed E-state index contributed by atoms with van der Waals surface area (Å²) in [5.74, 6) is -0.485. The van der Waals surface area contributed by atoms with Crippen LogP contribution in [-0.2, 0) is 9.78 Å². The number of carbonyl (C=O) groups excluding carboxylic acids is 1. The molecule has 0 fully saturated rings. The molecule has 0 amide bonds. The molecular weight excluding hydrogens is 256 g/mol. The second-order valence-electron chi connectivity index (χ2n) is 4.78. The maximum atomic E-state index is 11.7. The third-order valence-electron chi connectivity index (χ3n) is 2.91. The molecule has 4 heteroatoms. The van der Waals surface area contributed by atoms with Gasteiger partial charge in [0.25, 0.3) is 0 Å². The average molecular weight is 276 g/mol. The molecule has 0 aromatic heterocycles. The number of hydrogen-bond acceptors (Lipinski definition) is 3. The van der Waals surface area contributed by atoms with E-state index in [1.165, 1.54) is 0 Å². The maximum Gasteiger partial charge on any atom is 0.373 e. The summed E-state index contributed by atoms with van der Waals surface area (Å²) in [7, 11) is -1.82. The van der Waals surface area contributed by atoms with Crippen LogP contribution in [0.2, 0.25) is 6.55 Å². The van der Waals surface area contributed by atoms with Crippen LogP contribution >= 0.6 is 0 Å². The highest BCUT2D eigenvalue weighted by Gasteiger charge is 2.22. The fraction of sp³-hybridized carbons (Fsp3) is 0.267. The normalized spacial score (nSPS) is 11.2. The molecule has 0 saturated carbocycles. The minimum absolute atomic E-state index is 0.152. The molecular formula is C15H20O3Si. The predicted molar refractivity (Wildman–Crippen MR) is 79.7 cm³/mol. The van der Waals surface area contributed by atoms with Crippen molar-refractivity contribution in [3.05, 3.63) is 54.4 Å². The van der Waals surface area contributed by atoms with Crippen molar-refractivity contribution < 1.29 is 14.6 Å². The van der Waals surface area contributed by atoms with E-state index in [1.54, 1.807) is 26.0 Å². The Labute approximate surface area is 115 Å². The molecule has 0 radical (unpaired) electrons. The quantitative estimate of drug-likeness (QED) is 0.455. The molecule has 0 bridgehead atoms. The summed E-state index contributed by atoms with van der Waals surface area (Å²) < 4.78 is 0. The van der Waals surface area contributed by atoms with Gasteiger partial charge in [-0.1, -0.05) is 35.3 Å². The van der Waals surface area contributed by atoms with Crippen molar-refractivity contribution in [1.29, 1.82) is 0 Å². The van der Waals surface area contributed by atoms with Gasteiger partial charge in [0.05, 0.1) is 11.7 Å². The summed E-state index contributed by atoms with van der Waals surface area (Å²) in [5.41, 5.74) is 4.37. The average Bonchev–Trinajstić information content (AvgIpc) is 2.44. The van der Waals surface area contributed by atoms with Gasteiger partial charge in [-0.05, 0) is 26.0 Å². The van der Waals surface area contributed by atoms with Crippen LogP contribution in [-0.4, -0.2) is 20.1 Å². The zero-order valence-electron chi connectivity index (χ0n) is 11.7. The zero-order valence-corrected chi connectivity index (χ0v) is 12.7. The van der Waals surface area contributed by atoms with Gasteiger partial charge in [-0.3, -0.25) is 4.89 Å². The van der Waals surface area contributed by atoms with Crippen LogP contribution in [0, 0.1) is 0 Å². The summed E-state index contributed by atoms with van der Waals surface area (Å²) in [6, 6.07) is 7.31. The van der Waals surface area contributed by atoms with E-state index in [-0.39, 0.29) is 6.10 Å². The monoisotopic (exact) mass is 276 g/mol. The van der Waals surface area contributed by atoms with Crippen LogP contribution < -0.4 is 5.19 Å². The van der Waals surface area contributed by atoms with Gasteiger partial charge in [0.1, 0.15) is 8.07 Å². The first kappa shape index (κ1) is 15.4. The van der Waals surface area contributed by atoms with Crippen molar-refractivity contribution in [2.45, 2.75) is 26.5 Å². The highest BCUT2D eigenvalue weighted by atomic mass is 28.3. The van der Waals surface area contributed by atoms with Gasteiger partial charge in [0.2, 0.25) is 0 Å². The molecule has 0 saturated heterocycles. The topological polar surface area (TPSA) is 35.5 Å². The van der Waals surface area contributed by atoms with Crippen LogP contribution in [0.5, 0.6) is 0 Å². The van der Waals surface area contributed by atoms with Crippen LogP contribution in [0.1, 0.15) is 24.2 Å². The number of hydrogen-bond donors (Lipinski definition) is 0. The third kappa shape index (κ3) is 3.91. The number of rotatable bonds is 6. The van der Waals surface area contributed by atoms with E-state index in [9.17, 15) is 4.79 Å². The van der Waals surface area contributed by atoms with Gasteiger partial charge in [-0.25, -0.2) is 4.79 Å². The van der Waals surface area contributed by atoms with E-state index in [2.05, 4.69) is 19.7 Å². The lowest BCUT2D eigenvalue weighted by Gasteiger charge is -2.19. The lowest BCUT2D eigenvalue weighted by molar-refractivity contribution is -0.265. The molecule has 0 heterocycles. The van der Waals surface area contributed by atoms with Crippen molar-refractivity contribution in [3.63, 3.8) is 0 Å². The summed E-state index contributed by atoms with van der Waals surface area (Å²) in [6.07, 6.45) is -0.152. The summed E-state index contributed by atoms with van der Waals surface area (Å²) in [4.78, 5) is 21.2. The Hall–Kier alpha value is -1.65. The molecule has 0 atom stereocenters. The van der Waals surface area contributed by atoms with Gasteiger partial charge >= 0.3 is 5.97 Å². The Bertz CT molecular complexity index is 455. The zero-order chi connectivity index (χ0) is 14.5. The number of benzene rings is 1. The first-order valence-electron chi connectivity index (χ1n) is 6.18. The van der Waals surface area contributed by atoms with E-state index >= 15 is 0 Å². The molecule has 0 aliphatic rings. The molecule has 0 unspecified atom stereocenters. The molecule has 1 aromatic rings. The van der Waals surface area contributed by atoms with Crippen LogP contribution in [0.25, 0.3) is 0 Å². The van der Waals surface area contributed by atoms with Crippen LogP contribution in [0.15, 0.2) is 48.8 Å². The first-order valence-corrected chi connectivity index (χ1v) is 8.84. The van der Waals surface area contributed by atoms with E-state index < -0.39 is 14.0 Å². The Kier molecular flexibility index (Phi) is 5.27. The highest BCUT2D eigenvalue weighted by Crippen LogP contribution is 2.09. The maximum absolute atomic E-state index is 11.7. The Morgan fingerprint density at radius 2 is 1.74 bits per heavy atom. The van der Waals surface area contributed by atoms with Crippen molar-refractivity contribution in [2.75, 3.05) is 0 Å². The molecule has 0 aliphatic heterocycles. The molecule has 102 valence electrons. The standard InChI is InChI=1S/C15H20O3Si/c1-6-19(5,7-2)14-10-8-13(9-11-14)15(16)18-17-12(3)4/h6-12H,1-2H2,3-5H3. The Morgan fingerprint density at radius 3 is 2.16 bits per heavy atom. The minimum atomic E-state index is -1.82.